The Morgan fingerprint density at radius 2 is 2.42 bits per heavy atom. The first-order valence-electron chi connectivity index (χ1n) is 3.99. The van der Waals surface area contributed by atoms with E-state index in [0.717, 1.165) is 5.75 Å². The molecular weight excluding hydrogens is 166 g/mol. The molecule has 1 heterocycles. The molecule has 0 bridgehead atoms. The van der Waals surface area contributed by atoms with Crippen molar-refractivity contribution in [1.82, 2.24) is 4.98 Å². The van der Waals surface area contributed by atoms with Crippen molar-refractivity contribution in [3.63, 3.8) is 0 Å². The van der Waals surface area contributed by atoms with Gasteiger partial charge in [-0.3, -0.25) is 4.98 Å². The zero-order chi connectivity index (χ0) is 8.81. The van der Waals surface area contributed by atoms with E-state index >= 15 is 0 Å². The second kappa shape index (κ2) is 4.99. The molecule has 0 fully saturated rings. The summed E-state index contributed by atoms with van der Waals surface area (Å²) in [6, 6.07) is 2.06. The molecule has 0 spiro atoms. The van der Waals surface area contributed by atoms with Gasteiger partial charge in [0.25, 0.3) is 0 Å². The van der Waals surface area contributed by atoms with Crippen LogP contribution in [0.5, 0.6) is 0 Å². The molecule has 2 heteroatoms. The molecule has 12 heavy (non-hydrogen) atoms. The molecule has 0 radical (unpaired) electrons. The van der Waals surface area contributed by atoms with Gasteiger partial charge in [0.15, 0.2) is 0 Å². The molecule has 0 saturated carbocycles. The van der Waals surface area contributed by atoms with Crippen molar-refractivity contribution in [3.8, 4) is 0 Å². The van der Waals surface area contributed by atoms with Crippen molar-refractivity contribution in [3.05, 3.63) is 36.2 Å². The number of aryl methyl sites for hydroxylation is 1. The van der Waals surface area contributed by atoms with Crippen molar-refractivity contribution in [1.29, 1.82) is 0 Å². The van der Waals surface area contributed by atoms with Crippen LogP contribution in [-0.2, 0) is 0 Å². The summed E-state index contributed by atoms with van der Waals surface area (Å²) < 4.78 is 0. The average molecular weight is 179 g/mol. The van der Waals surface area contributed by atoms with Crippen molar-refractivity contribution in [2.45, 2.75) is 18.7 Å². The van der Waals surface area contributed by atoms with Gasteiger partial charge in [0, 0.05) is 23.0 Å². The van der Waals surface area contributed by atoms with Gasteiger partial charge in [-0.1, -0.05) is 12.2 Å². The van der Waals surface area contributed by atoms with Gasteiger partial charge in [-0.25, -0.2) is 0 Å². The number of rotatable bonds is 3. The number of aromatic nitrogens is 1. The molecule has 0 saturated heterocycles. The predicted octanol–water partition coefficient (Wildman–Crippen LogP) is 3.06. The summed E-state index contributed by atoms with van der Waals surface area (Å²) in [7, 11) is 0. The largest absolute Gasteiger partial charge is 0.264 e. The Balaban J connectivity index is 2.57. The van der Waals surface area contributed by atoms with E-state index in [2.05, 4.69) is 30.1 Å². The van der Waals surface area contributed by atoms with E-state index in [1.165, 1.54) is 10.5 Å². The summed E-state index contributed by atoms with van der Waals surface area (Å²) in [6.07, 6.45) is 7.97. The van der Waals surface area contributed by atoms with Crippen LogP contribution in [0.3, 0.4) is 0 Å². The monoisotopic (exact) mass is 179 g/mol. The van der Waals surface area contributed by atoms with Crippen LogP contribution in [0.15, 0.2) is 35.5 Å². The lowest BCUT2D eigenvalue weighted by atomic mass is 10.3. The van der Waals surface area contributed by atoms with Crippen LogP contribution in [-0.4, -0.2) is 10.7 Å². The highest BCUT2D eigenvalue weighted by Gasteiger charge is 1.94. The molecule has 0 aliphatic rings. The van der Waals surface area contributed by atoms with E-state index in [1.807, 2.05) is 31.1 Å². The Labute approximate surface area is 77.9 Å². The lowest BCUT2D eigenvalue weighted by Gasteiger charge is -2.00. The number of thioether (sulfide) groups is 1. The summed E-state index contributed by atoms with van der Waals surface area (Å²) in [4.78, 5) is 5.36. The standard InChI is InChI=1S/C10H13NS/c1-3-4-7-12-10-5-6-11-8-9(10)2/h3-6,8H,7H2,1-2H3/b4-3+. The first-order valence-corrected chi connectivity index (χ1v) is 4.97. The lowest BCUT2D eigenvalue weighted by molar-refractivity contribution is 1.18. The topological polar surface area (TPSA) is 12.9 Å². The predicted molar refractivity (Wildman–Crippen MR) is 54.5 cm³/mol. The maximum Gasteiger partial charge on any atom is 0.0308 e. The Hall–Kier alpha value is -0.760. The zero-order valence-corrected chi connectivity index (χ0v) is 8.27. The summed E-state index contributed by atoms with van der Waals surface area (Å²) in [5.74, 6) is 1.04. The van der Waals surface area contributed by atoms with Gasteiger partial charge in [0.05, 0.1) is 0 Å². The molecule has 1 aromatic heterocycles. The normalized spacial score (nSPS) is 10.8. The minimum atomic E-state index is 1.04. The highest BCUT2D eigenvalue weighted by Crippen LogP contribution is 2.20. The van der Waals surface area contributed by atoms with E-state index in [4.69, 9.17) is 0 Å². The first-order chi connectivity index (χ1) is 5.84. The first kappa shape index (κ1) is 9.33. The van der Waals surface area contributed by atoms with E-state index < -0.39 is 0 Å². The SMILES string of the molecule is C/C=C/CSc1ccncc1C. The number of pyridine rings is 1. The second-order valence-electron chi connectivity index (χ2n) is 2.52. The summed E-state index contributed by atoms with van der Waals surface area (Å²) >= 11 is 1.84. The summed E-state index contributed by atoms with van der Waals surface area (Å²) in [6.45, 7) is 4.13. The Kier molecular flexibility index (Phi) is 3.88. The maximum atomic E-state index is 4.04. The molecule has 1 aromatic rings. The minimum Gasteiger partial charge on any atom is -0.264 e. The Bertz CT molecular complexity index is 268. The molecule has 1 nitrogen and oxygen atoms in total. The molecule has 0 amide bonds. The molecule has 1 rings (SSSR count). The van der Waals surface area contributed by atoms with Crippen LogP contribution in [0, 0.1) is 6.92 Å². The van der Waals surface area contributed by atoms with Crippen LogP contribution in [0.4, 0.5) is 0 Å². The summed E-state index contributed by atoms with van der Waals surface area (Å²) in [5, 5.41) is 0. The van der Waals surface area contributed by atoms with E-state index in [-0.39, 0.29) is 0 Å². The third-order valence-corrected chi connectivity index (χ3v) is 2.67. The molecule has 0 unspecified atom stereocenters. The molecule has 0 aliphatic carbocycles. The van der Waals surface area contributed by atoms with Crippen LogP contribution in [0.1, 0.15) is 12.5 Å². The highest BCUT2D eigenvalue weighted by atomic mass is 32.2. The van der Waals surface area contributed by atoms with Crippen LogP contribution < -0.4 is 0 Å². The van der Waals surface area contributed by atoms with Gasteiger partial charge in [-0.05, 0) is 25.5 Å². The number of allylic oxidation sites excluding steroid dienone is 1. The second-order valence-corrected chi connectivity index (χ2v) is 3.58. The minimum absolute atomic E-state index is 1.04. The number of nitrogens with zero attached hydrogens (tertiary/aromatic N) is 1. The molecule has 64 valence electrons. The van der Waals surface area contributed by atoms with Crippen LogP contribution in [0.25, 0.3) is 0 Å². The lowest BCUT2D eigenvalue weighted by Crippen LogP contribution is -1.81. The zero-order valence-electron chi connectivity index (χ0n) is 7.45. The van der Waals surface area contributed by atoms with Gasteiger partial charge in [0.1, 0.15) is 0 Å². The van der Waals surface area contributed by atoms with E-state index in [0.29, 0.717) is 0 Å². The molecule has 0 aliphatic heterocycles. The van der Waals surface area contributed by atoms with Gasteiger partial charge < -0.3 is 0 Å². The number of hydrogen-bond acceptors (Lipinski definition) is 2. The molecule has 0 atom stereocenters. The van der Waals surface area contributed by atoms with Gasteiger partial charge in [0.2, 0.25) is 0 Å². The van der Waals surface area contributed by atoms with Crippen molar-refractivity contribution >= 4 is 11.8 Å². The fourth-order valence-electron chi connectivity index (χ4n) is 0.857. The van der Waals surface area contributed by atoms with Crippen LogP contribution >= 0.6 is 11.8 Å². The van der Waals surface area contributed by atoms with Crippen LogP contribution in [0.2, 0.25) is 0 Å². The molecule has 0 N–H and O–H groups in total. The fourth-order valence-corrected chi connectivity index (χ4v) is 1.76. The smallest absolute Gasteiger partial charge is 0.0308 e. The Morgan fingerprint density at radius 1 is 1.58 bits per heavy atom. The van der Waals surface area contributed by atoms with Gasteiger partial charge >= 0.3 is 0 Å². The fraction of sp³-hybridized carbons (Fsp3) is 0.300. The molecule has 0 aromatic carbocycles. The van der Waals surface area contributed by atoms with Gasteiger partial charge in [-0.2, -0.15) is 0 Å². The quantitative estimate of drug-likeness (QED) is 0.522. The Morgan fingerprint density at radius 3 is 3.08 bits per heavy atom. The maximum absolute atomic E-state index is 4.04. The van der Waals surface area contributed by atoms with E-state index in [9.17, 15) is 0 Å². The molecular formula is C10H13NS. The van der Waals surface area contributed by atoms with Crippen molar-refractivity contribution < 1.29 is 0 Å². The third kappa shape index (κ3) is 2.70. The third-order valence-electron chi connectivity index (χ3n) is 1.54. The van der Waals surface area contributed by atoms with Crippen molar-refractivity contribution in [2.75, 3.05) is 5.75 Å². The highest BCUT2D eigenvalue weighted by molar-refractivity contribution is 7.99. The number of hydrogen-bond donors (Lipinski definition) is 0. The van der Waals surface area contributed by atoms with E-state index in [1.54, 1.807) is 0 Å². The van der Waals surface area contributed by atoms with Gasteiger partial charge in [-0.15, -0.1) is 11.8 Å². The summed E-state index contributed by atoms with van der Waals surface area (Å²) in [5.41, 5.74) is 1.26. The van der Waals surface area contributed by atoms with Crippen molar-refractivity contribution in [2.24, 2.45) is 0 Å². The average Bonchev–Trinajstić information content (AvgIpc) is 2.09.